The minimum atomic E-state index is -0.478. The molecule has 146 valence electrons. The lowest BCUT2D eigenvalue weighted by molar-refractivity contribution is -0.153. The van der Waals surface area contributed by atoms with Gasteiger partial charge in [0.05, 0.1) is 0 Å². The number of esters is 1. The number of piperidine rings is 1. The van der Waals surface area contributed by atoms with Crippen LogP contribution in [0, 0.1) is 0 Å². The van der Waals surface area contributed by atoms with Gasteiger partial charge in [-0.15, -0.1) is 0 Å². The van der Waals surface area contributed by atoms with Gasteiger partial charge in [-0.05, 0) is 36.8 Å². The summed E-state index contributed by atoms with van der Waals surface area (Å²) in [7, 11) is 0. The Kier molecular flexibility index (Phi) is 5.60. The molecule has 2 aliphatic rings. The first-order chi connectivity index (χ1) is 13.7. The van der Waals surface area contributed by atoms with Crippen molar-refractivity contribution < 1.29 is 14.3 Å². The summed E-state index contributed by atoms with van der Waals surface area (Å²) in [5.74, 6) is -0.288. The maximum atomic E-state index is 13.2. The number of carbonyl (C=O) groups is 2. The second kappa shape index (κ2) is 8.46. The third-order valence-electron chi connectivity index (χ3n) is 5.68. The van der Waals surface area contributed by atoms with E-state index in [1.54, 1.807) is 4.90 Å². The Morgan fingerprint density at radius 1 is 0.929 bits per heavy atom. The number of urea groups is 1. The molecular weight excluding hydrogens is 352 g/mol. The minimum Gasteiger partial charge on any atom is -0.459 e. The average Bonchev–Trinajstić information content (AvgIpc) is 2.75. The van der Waals surface area contributed by atoms with Crippen LogP contribution in [0.3, 0.4) is 0 Å². The molecule has 2 fully saturated rings. The zero-order chi connectivity index (χ0) is 19.3. The third-order valence-corrected chi connectivity index (χ3v) is 5.68. The molecule has 28 heavy (non-hydrogen) atoms. The maximum Gasteiger partial charge on any atom is 0.329 e. The number of fused-ring (bicyclic) bond motifs is 1. The molecule has 0 aromatic heterocycles. The molecule has 2 amide bonds. The lowest BCUT2D eigenvalue weighted by atomic mass is 9.92. The smallest absolute Gasteiger partial charge is 0.329 e. The number of ether oxygens (including phenoxy) is 1. The van der Waals surface area contributed by atoms with Crippen LogP contribution in [0.15, 0.2) is 60.7 Å². The Morgan fingerprint density at radius 2 is 1.61 bits per heavy atom. The van der Waals surface area contributed by atoms with Crippen LogP contribution in [0.1, 0.15) is 36.8 Å². The molecule has 0 radical (unpaired) electrons. The molecule has 2 heterocycles. The molecule has 0 aliphatic carbocycles. The normalized spacial score (nSPS) is 21.9. The van der Waals surface area contributed by atoms with E-state index in [1.165, 1.54) is 0 Å². The standard InChI is InChI=1S/C23H26N2O3/c26-22(28-17-19-10-5-2-6-11-19)21-13-7-12-20-14-15-24(23(27)25(20)21)16-18-8-3-1-4-9-18/h1-6,8-11,20-21H,7,12-17H2/t20-,21-/m1/s1. The highest BCUT2D eigenvalue weighted by atomic mass is 16.5. The molecule has 2 atom stereocenters. The minimum absolute atomic E-state index is 0.0403. The van der Waals surface area contributed by atoms with E-state index in [-0.39, 0.29) is 24.6 Å². The fourth-order valence-corrected chi connectivity index (χ4v) is 4.22. The maximum absolute atomic E-state index is 13.2. The summed E-state index contributed by atoms with van der Waals surface area (Å²) in [5.41, 5.74) is 2.06. The first-order valence-electron chi connectivity index (χ1n) is 10.0. The Bertz CT molecular complexity index is 809. The zero-order valence-corrected chi connectivity index (χ0v) is 16.0. The molecule has 2 saturated heterocycles. The molecule has 2 aliphatic heterocycles. The summed E-state index contributed by atoms with van der Waals surface area (Å²) >= 11 is 0. The van der Waals surface area contributed by atoms with Crippen molar-refractivity contribution in [3.63, 3.8) is 0 Å². The van der Waals surface area contributed by atoms with Crippen LogP contribution in [0.4, 0.5) is 4.79 Å². The average molecular weight is 378 g/mol. The second-order valence-corrected chi connectivity index (χ2v) is 7.58. The predicted molar refractivity (Wildman–Crippen MR) is 106 cm³/mol. The number of carbonyl (C=O) groups excluding carboxylic acids is 2. The number of amides is 2. The molecule has 4 rings (SSSR count). The Morgan fingerprint density at radius 3 is 2.32 bits per heavy atom. The van der Waals surface area contributed by atoms with E-state index in [9.17, 15) is 9.59 Å². The van der Waals surface area contributed by atoms with Crippen molar-refractivity contribution in [2.24, 2.45) is 0 Å². The van der Waals surface area contributed by atoms with Gasteiger partial charge in [-0.3, -0.25) is 0 Å². The Balaban J connectivity index is 1.44. The molecule has 0 bridgehead atoms. The number of hydrogen-bond donors (Lipinski definition) is 0. The van der Waals surface area contributed by atoms with Gasteiger partial charge in [0.1, 0.15) is 12.6 Å². The van der Waals surface area contributed by atoms with E-state index in [1.807, 2.05) is 65.6 Å². The topological polar surface area (TPSA) is 49.9 Å². The van der Waals surface area contributed by atoms with E-state index in [2.05, 4.69) is 0 Å². The Labute approximate surface area is 165 Å². The van der Waals surface area contributed by atoms with Gasteiger partial charge in [0.15, 0.2) is 0 Å². The molecule has 2 aromatic carbocycles. The number of benzene rings is 2. The highest BCUT2D eigenvalue weighted by molar-refractivity contribution is 5.84. The van der Waals surface area contributed by atoms with Gasteiger partial charge in [-0.1, -0.05) is 60.7 Å². The lowest BCUT2D eigenvalue weighted by Gasteiger charge is -2.47. The summed E-state index contributed by atoms with van der Waals surface area (Å²) in [5, 5.41) is 0. The Hall–Kier alpha value is -2.82. The third kappa shape index (κ3) is 4.03. The monoisotopic (exact) mass is 378 g/mol. The summed E-state index contributed by atoms with van der Waals surface area (Å²) in [6, 6.07) is 19.3. The van der Waals surface area contributed by atoms with Gasteiger partial charge in [-0.25, -0.2) is 9.59 Å². The molecule has 0 saturated carbocycles. The van der Waals surface area contributed by atoms with Crippen LogP contribution in [0.2, 0.25) is 0 Å². The van der Waals surface area contributed by atoms with Crippen molar-refractivity contribution in [2.75, 3.05) is 6.54 Å². The van der Waals surface area contributed by atoms with Gasteiger partial charge in [-0.2, -0.15) is 0 Å². The van der Waals surface area contributed by atoms with Crippen molar-refractivity contribution in [1.82, 2.24) is 9.80 Å². The van der Waals surface area contributed by atoms with E-state index < -0.39 is 6.04 Å². The summed E-state index contributed by atoms with van der Waals surface area (Å²) < 4.78 is 5.57. The van der Waals surface area contributed by atoms with E-state index in [0.717, 1.165) is 36.9 Å². The summed E-state index contributed by atoms with van der Waals surface area (Å²) in [6.45, 7) is 1.56. The van der Waals surface area contributed by atoms with Crippen LogP contribution in [-0.4, -0.2) is 40.4 Å². The molecular formula is C23H26N2O3. The molecule has 5 heteroatoms. The van der Waals surface area contributed by atoms with Crippen molar-refractivity contribution in [3.05, 3.63) is 71.8 Å². The highest BCUT2D eigenvalue weighted by Crippen LogP contribution is 2.31. The van der Waals surface area contributed by atoms with Crippen LogP contribution in [0.5, 0.6) is 0 Å². The van der Waals surface area contributed by atoms with Gasteiger partial charge < -0.3 is 14.5 Å². The van der Waals surface area contributed by atoms with Crippen LogP contribution < -0.4 is 0 Å². The van der Waals surface area contributed by atoms with E-state index >= 15 is 0 Å². The van der Waals surface area contributed by atoms with Gasteiger partial charge in [0.25, 0.3) is 0 Å². The molecule has 5 nitrogen and oxygen atoms in total. The fraction of sp³-hybridized carbons (Fsp3) is 0.391. The van der Waals surface area contributed by atoms with E-state index in [4.69, 9.17) is 4.74 Å². The quantitative estimate of drug-likeness (QED) is 0.740. The number of nitrogens with zero attached hydrogens (tertiary/aromatic N) is 2. The second-order valence-electron chi connectivity index (χ2n) is 7.58. The molecule has 0 spiro atoms. The van der Waals surface area contributed by atoms with Gasteiger partial charge in [0.2, 0.25) is 0 Å². The van der Waals surface area contributed by atoms with Crippen molar-refractivity contribution in [1.29, 1.82) is 0 Å². The van der Waals surface area contributed by atoms with Crippen molar-refractivity contribution in [2.45, 2.75) is 50.9 Å². The molecule has 0 N–H and O–H groups in total. The van der Waals surface area contributed by atoms with Crippen LogP contribution >= 0.6 is 0 Å². The fourth-order valence-electron chi connectivity index (χ4n) is 4.22. The van der Waals surface area contributed by atoms with Gasteiger partial charge >= 0.3 is 12.0 Å². The van der Waals surface area contributed by atoms with Crippen molar-refractivity contribution >= 4 is 12.0 Å². The molecule has 2 aromatic rings. The van der Waals surface area contributed by atoms with E-state index in [0.29, 0.717) is 13.0 Å². The lowest BCUT2D eigenvalue weighted by Crippen LogP contribution is -2.61. The van der Waals surface area contributed by atoms with Crippen molar-refractivity contribution in [3.8, 4) is 0 Å². The highest BCUT2D eigenvalue weighted by Gasteiger charge is 2.43. The zero-order valence-electron chi connectivity index (χ0n) is 16.0. The summed E-state index contributed by atoms with van der Waals surface area (Å²) in [6.07, 6.45) is 3.50. The van der Waals surface area contributed by atoms with Crippen LogP contribution in [-0.2, 0) is 22.7 Å². The predicted octanol–water partition coefficient (Wildman–Crippen LogP) is 3.98. The first kappa shape index (κ1) is 18.5. The SMILES string of the molecule is O=C(OCc1ccccc1)[C@H]1CCC[C@@H]2CCN(Cc3ccccc3)C(=O)N21. The first-order valence-corrected chi connectivity index (χ1v) is 10.0. The number of rotatable bonds is 5. The molecule has 0 unspecified atom stereocenters. The number of hydrogen-bond acceptors (Lipinski definition) is 3. The van der Waals surface area contributed by atoms with Crippen LogP contribution in [0.25, 0.3) is 0 Å². The van der Waals surface area contributed by atoms with Gasteiger partial charge in [0, 0.05) is 19.1 Å². The largest absolute Gasteiger partial charge is 0.459 e. The summed E-state index contributed by atoms with van der Waals surface area (Å²) in [4.78, 5) is 29.7.